The fourth-order valence-corrected chi connectivity index (χ4v) is 0.542. The maximum Gasteiger partial charge on any atom is 0.294 e. The van der Waals surface area contributed by atoms with Crippen molar-refractivity contribution in [2.75, 3.05) is 13.2 Å². The summed E-state index contributed by atoms with van der Waals surface area (Å²) in [6.45, 7) is -1.03. The van der Waals surface area contributed by atoms with Crippen LogP contribution in [0.3, 0.4) is 0 Å². The van der Waals surface area contributed by atoms with Crippen LogP contribution in [0.15, 0.2) is 0 Å². The molecule has 0 fully saturated rings. The average Bonchev–Trinajstić information content (AvgIpc) is 2.09. The summed E-state index contributed by atoms with van der Waals surface area (Å²) < 4.78 is 0. The predicted molar refractivity (Wildman–Crippen MR) is 38.9 cm³/mol. The number of carbonyl (C=O) groups excluding carboxylic acids is 1. The molecule has 0 rings (SSSR count). The van der Waals surface area contributed by atoms with E-state index in [1.165, 1.54) is 0 Å². The number of hydrogen-bond acceptors (Lipinski definition) is 7. The normalized spacial score (nSPS) is 9.21. The van der Waals surface area contributed by atoms with E-state index in [1.807, 2.05) is 0 Å². The highest BCUT2D eigenvalue weighted by atomic mass is 17.0. The largest absolute Gasteiger partial charge is 0.352 e. The van der Waals surface area contributed by atoms with Crippen molar-refractivity contribution >= 4 is 6.41 Å². The van der Waals surface area contributed by atoms with Crippen molar-refractivity contribution in [2.24, 2.45) is 0 Å². The van der Waals surface area contributed by atoms with Gasteiger partial charge in [0.2, 0.25) is 6.41 Å². The quantitative estimate of drug-likeness (QED) is 0.292. The average molecular weight is 209 g/mol. The van der Waals surface area contributed by atoms with Gasteiger partial charge in [0.1, 0.15) is 13.2 Å². The van der Waals surface area contributed by atoms with Crippen molar-refractivity contribution in [3.05, 3.63) is 20.2 Å². The lowest BCUT2D eigenvalue weighted by Crippen LogP contribution is -2.38. The lowest BCUT2D eigenvalue weighted by molar-refractivity contribution is -0.766. The van der Waals surface area contributed by atoms with E-state index in [4.69, 9.17) is 0 Å². The van der Waals surface area contributed by atoms with E-state index < -0.39 is 29.4 Å². The van der Waals surface area contributed by atoms with E-state index in [0.717, 1.165) is 0 Å². The van der Waals surface area contributed by atoms with Crippen molar-refractivity contribution in [1.82, 2.24) is 5.32 Å². The summed E-state index contributed by atoms with van der Waals surface area (Å²) in [6, 6.07) is -0.941. The number of hydrogen-bond donors (Lipinski definition) is 1. The van der Waals surface area contributed by atoms with Crippen LogP contribution in [0.4, 0.5) is 0 Å². The molecule has 0 radical (unpaired) electrons. The summed E-state index contributed by atoms with van der Waals surface area (Å²) in [4.78, 5) is 37.2. The number of nitrogens with zero attached hydrogens (tertiary/aromatic N) is 2. The molecule has 0 bridgehead atoms. The highest BCUT2D eigenvalue weighted by Gasteiger charge is 2.11. The van der Waals surface area contributed by atoms with Crippen molar-refractivity contribution < 1.29 is 24.6 Å². The first-order valence-corrected chi connectivity index (χ1v) is 3.30. The molecule has 0 saturated heterocycles. The minimum absolute atomic E-state index is 0.233. The van der Waals surface area contributed by atoms with E-state index >= 15 is 0 Å². The van der Waals surface area contributed by atoms with Crippen LogP contribution in [0.25, 0.3) is 0 Å². The summed E-state index contributed by atoms with van der Waals surface area (Å²) in [5, 5.41) is 19.4. The van der Waals surface area contributed by atoms with Crippen LogP contribution >= 0.6 is 0 Å². The van der Waals surface area contributed by atoms with Crippen LogP contribution < -0.4 is 5.32 Å². The third-order valence-electron chi connectivity index (χ3n) is 1.07. The molecule has 1 amide bonds. The Morgan fingerprint density at radius 3 is 1.93 bits per heavy atom. The van der Waals surface area contributed by atoms with Crippen LogP contribution in [0.2, 0.25) is 0 Å². The van der Waals surface area contributed by atoms with Crippen LogP contribution in [0.5, 0.6) is 0 Å². The molecular formula is C4H7N3O7. The fourth-order valence-electron chi connectivity index (χ4n) is 0.542. The third kappa shape index (κ3) is 6.57. The highest BCUT2D eigenvalue weighted by molar-refractivity contribution is 5.46. The van der Waals surface area contributed by atoms with Gasteiger partial charge in [0.25, 0.3) is 10.2 Å². The standard InChI is InChI=1S/C4H7N3O7/c8-3-5-4(1-13-6(9)10)2-14-7(11)12/h3-4H,1-2H2,(H,5,8). The van der Waals surface area contributed by atoms with Gasteiger partial charge in [-0.1, -0.05) is 0 Å². The first-order chi connectivity index (χ1) is 6.56. The lowest BCUT2D eigenvalue weighted by atomic mass is 10.3. The molecule has 10 heteroatoms. The molecule has 1 N–H and O–H groups in total. The van der Waals surface area contributed by atoms with Gasteiger partial charge in [-0.05, 0) is 0 Å². The van der Waals surface area contributed by atoms with Gasteiger partial charge in [-0.25, -0.2) is 0 Å². The number of nitrogens with one attached hydrogen (secondary N) is 1. The highest BCUT2D eigenvalue weighted by Crippen LogP contribution is 1.88. The monoisotopic (exact) mass is 209 g/mol. The molecule has 14 heavy (non-hydrogen) atoms. The zero-order valence-corrected chi connectivity index (χ0v) is 6.82. The molecule has 0 aliphatic heterocycles. The van der Waals surface area contributed by atoms with Crippen molar-refractivity contribution in [3.63, 3.8) is 0 Å². The topological polar surface area (TPSA) is 134 Å². The van der Waals surface area contributed by atoms with E-state index in [0.29, 0.717) is 0 Å². The van der Waals surface area contributed by atoms with Gasteiger partial charge in [0, 0.05) is 0 Å². The lowest BCUT2D eigenvalue weighted by Gasteiger charge is -2.12. The molecule has 0 aliphatic rings. The smallest absolute Gasteiger partial charge is 0.294 e. The maximum atomic E-state index is 9.94. The Bertz CT molecular complexity index is 201. The van der Waals surface area contributed by atoms with Gasteiger partial charge in [-0.3, -0.25) is 4.79 Å². The SMILES string of the molecule is O=CNC(CO[N+](=O)[O-])CO[N+](=O)[O-]. The first-order valence-electron chi connectivity index (χ1n) is 3.30. The van der Waals surface area contributed by atoms with E-state index in [2.05, 4.69) is 15.0 Å². The number of rotatable bonds is 8. The Morgan fingerprint density at radius 1 is 1.21 bits per heavy atom. The van der Waals surface area contributed by atoms with Crippen LogP contribution in [0, 0.1) is 20.2 Å². The van der Waals surface area contributed by atoms with Crippen molar-refractivity contribution in [1.29, 1.82) is 0 Å². The van der Waals surface area contributed by atoms with Gasteiger partial charge in [-0.15, -0.1) is 20.2 Å². The molecule has 10 nitrogen and oxygen atoms in total. The van der Waals surface area contributed by atoms with Gasteiger partial charge in [0.15, 0.2) is 0 Å². The number of carbonyl (C=O) groups is 1. The summed E-state index contributed by atoms with van der Waals surface area (Å²) in [6.07, 6.45) is 0.233. The molecule has 0 atom stereocenters. The van der Waals surface area contributed by atoms with Crippen LogP contribution in [-0.2, 0) is 14.5 Å². The van der Waals surface area contributed by atoms with E-state index in [9.17, 15) is 25.0 Å². The minimum Gasteiger partial charge on any atom is -0.352 e. The zero-order chi connectivity index (χ0) is 11.0. The second-order valence-electron chi connectivity index (χ2n) is 2.02. The molecule has 0 aromatic rings. The Balaban J connectivity index is 3.81. The zero-order valence-electron chi connectivity index (χ0n) is 6.82. The van der Waals surface area contributed by atoms with Gasteiger partial charge >= 0.3 is 0 Å². The minimum atomic E-state index is -1.08. The van der Waals surface area contributed by atoms with Gasteiger partial charge in [-0.2, -0.15) is 0 Å². The predicted octanol–water partition coefficient (Wildman–Crippen LogP) is -1.48. The van der Waals surface area contributed by atoms with Gasteiger partial charge < -0.3 is 15.0 Å². The molecule has 0 aromatic heterocycles. The molecular weight excluding hydrogens is 202 g/mol. The Morgan fingerprint density at radius 2 is 1.64 bits per heavy atom. The summed E-state index contributed by atoms with van der Waals surface area (Å²) in [5.74, 6) is 0. The summed E-state index contributed by atoms with van der Waals surface area (Å²) in [7, 11) is 0. The van der Waals surface area contributed by atoms with Crippen LogP contribution in [0.1, 0.15) is 0 Å². The Labute approximate surface area is 77.0 Å². The third-order valence-corrected chi connectivity index (χ3v) is 1.07. The number of amides is 1. The van der Waals surface area contributed by atoms with E-state index in [1.54, 1.807) is 0 Å². The van der Waals surface area contributed by atoms with Crippen LogP contribution in [-0.4, -0.2) is 35.8 Å². The first kappa shape index (κ1) is 11.9. The molecule has 80 valence electrons. The molecule has 0 heterocycles. The van der Waals surface area contributed by atoms with Crippen molar-refractivity contribution in [2.45, 2.75) is 6.04 Å². The molecule has 0 aliphatic carbocycles. The van der Waals surface area contributed by atoms with E-state index in [-0.39, 0.29) is 6.41 Å². The second-order valence-corrected chi connectivity index (χ2v) is 2.02. The molecule has 0 saturated carbocycles. The van der Waals surface area contributed by atoms with Crippen molar-refractivity contribution in [3.8, 4) is 0 Å². The summed E-state index contributed by atoms with van der Waals surface area (Å²) >= 11 is 0. The van der Waals surface area contributed by atoms with Gasteiger partial charge in [0.05, 0.1) is 6.04 Å². The Hall–Kier alpha value is -2.13. The molecule has 0 aromatic carbocycles. The Kier molecular flexibility index (Phi) is 5.42. The second kappa shape index (κ2) is 6.39. The summed E-state index contributed by atoms with van der Waals surface area (Å²) in [5.41, 5.74) is 0. The maximum absolute atomic E-state index is 9.94. The molecule has 0 spiro atoms. The fraction of sp³-hybridized carbons (Fsp3) is 0.750. The molecule has 0 unspecified atom stereocenters.